The molecule has 0 spiro atoms. The Balaban J connectivity index is 1.86. The molecule has 98 valence electrons. The summed E-state index contributed by atoms with van der Waals surface area (Å²) in [6, 6.07) is 0.0521. The number of carbonyl (C=O) groups is 1. The Bertz CT molecular complexity index is 251. The molecule has 17 heavy (non-hydrogen) atoms. The number of hydrogen-bond acceptors (Lipinski definition) is 2. The topological polar surface area (TPSA) is 41.1 Å². The summed E-state index contributed by atoms with van der Waals surface area (Å²) >= 11 is 0. The Hall–Kier alpha value is -0.570. The summed E-state index contributed by atoms with van der Waals surface area (Å²) in [6.07, 6.45) is 10.8. The van der Waals surface area contributed by atoms with E-state index in [4.69, 9.17) is 0 Å². The fraction of sp³-hybridized carbons (Fsp3) is 0.929. The molecule has 0 aromatic rings. The van der Waals surface area contributed by atoms with E-state index in [0.29, 0.717) is 0 Å². The van der Waals surface area contributed by atoms with Gasteiger partial charge < -0.3 is 10.6 Å². The van der Waals surface area contributed by atoms with Crippen LogP contribution < -0.4 is 10.6 Å². The normalized spacial score (nSPS) is 29.4. The zero-order valence-corrected chi connectivity index (χ0v) is 11.1. The van der Waals surface area contributed by atoms with E-state index < -0.39 is 0 Å². The number of hydrogen-bond donors (Lipinski definition) is 2. The molecule has 1 aliphatic carbocycles. The van der Waals surface area contributed by atoms with Crippen molar-refractivity contribution in [1.82, 2.24) is 10.6 Å². The fourth-order valence-electron chi connectivity index (χ4n) is 3.09. The van der Waals surface area contributed by atoms with E-state index in [1.54, 1.807) is 0 Å². The Labute approximate surface area is 105 Å². The molecular weight excluding hydrogens is 212 g/mol. The molecule has 1 aliphatic heterocycles. The van der Waals surface area contributed by atoms with Crippen LogP contribution in [0.4, 0.5) is 0 Å². The van der Waals surface area contributed by atoms with Gasteiger partial charge in [0.25, 0.3) is 0 Å². The average molecular weight is 238 g/mol. The molecule has 3 nitrogen and oxygen atoms in total. The molecule has 2 aliphatic rings. The maximum absolute atomic E-state index is 12.3. The highest BCUT2D eigenvalue weighted by molar-refractivity contribution is 5.82. The van der Waals surface area contributed by atoms with Crippen LogP contribution in [0.3, 0.4) is 0 Å². The lowest BCUT2D eigenvalue weighted by molar-refractivity contribution is -0.125. The molecule has 2 rings (SSSR count). The van der Waals surface area contributed by atoms with Crippen LogP contribution in [-0.2, 0) is 4.79 Å². The minimum Gasteiger partial charge on any atom is -0.350 e. The van der Waals surface area contributed by atoms with Crippen molar-refractivity contribution in [1.29, 1.82) is 0 Å². The van der Waals surface area contributed by atoms with E-state index in [0.717, 1.165) is 25.8 Å². The molecule has 2 N–H and O–H groups in total. The second-order valence-corrected chi connectivity index (χ2v) is 5.97. The van der Waals surface area contributed by atoms with Crippen LogP contribution in [0.15, 0.2) is 0 Å². The summed E-state index contributed by atoms with van der Waals surface area (Å²) in [5.41, 5.74) is 0.0588. The average Bonchev–Trinajstić information content (AvgIpc) is 2.57. The molecule has 3 heteroatoms. The van der Waals surface area contributed by atoms with E-state index in [-0.39, 0.29) is 17.5 Å². The molecule has 1 heterocycles. The first kappa shape index (κ1) is 12.9. The van der Waals surface area contributed by atoms with Gasteiger partial charge in [-0.2, -0.15) is 0 Å². The predicted octanol–water partition coefficient (Wildman–Crippen LogP) is 2.36. The van der Waals surface area contributed by atoms with Gasteiger partial charge in [0.2, 0.25) is 5.91 Å². The third-order valence-corrected chi connectivity index (χ3v) is 4.26. The summed E-state index contributed by atoms with van der Waals surface area (Å²) in [4.78, 5) is 12.3. The SMILES string of the molecule is CC1(NC(=O)C2CCCCCN2)CCCCC1. The van der Waals surface area contributed by atoms with E-state index in [9.17, 15) is 4.79 Å². The molecule has 0 aromatic heterocycles. The van der Waals surface area contributed by atoms with Gasteiger partial charge in [0.15, 0.2) is 0 Å². The molecule has 1 atom stereocenters. The molecule has 0 radical (unpaired) electrons. The van der Waals surface area contributed by atoms with Crippen LogP contribution in [0.25, 0.3) is 0 Å². The van der Waals surface area contributed by atoms with Gasteiger partial charge in [-0.15, -0.1) is 0 Å². The maximum Gasteiger partial charge on any atom is 0.237 e. The Morgan fingerprint density at radius 2 is 1.82 bits per heavy atom. The summed E-state index contributed by atoms with van der Waals surface area (Å²) in [6.45, 7) is 3.20. The number of carbonyl (C=O) groups excluding carboxylic acids is 1. The second-order valence-electron chi connectivity index (χ2n) is 5.97. The van der Waals surface area contributed by atoms with Crippen LogP contribution in [0.5, 0.6) is 0 Å². The number of nitrogens with one attached hydrogen (secondary N) is 2. The van der Waals surface area contributed by atoms with Crippen LogP contribution in [0, 0.1) is 0 Å². The first-order chi connectivity index (χ1) is 8.20. The van der Waals surface area contributed by atoms with Crippen LogP contribution in [0.2, 0.25) is 0 Å². The Kier molecular flexibility index (Phi) is 4.43. The lowest BCUT2D eigenvalue weighted by Crippen LogP contribution is -2.53. The van der Waals surface area contributed by atoms with Crippen molar-refractivity contribution in [3.8, 4) is 0 Å². The molecule has 2 fully saturated rings. The minimum atomic E-state index is 0.0521. The molecule has 1 saturated carbocycles. The standard InChI is InChI=1S/C14H26N2O/c1-14(9-5-3-6-10-14)16-13(17)12-8-4-2-7-11-15-12/h12,15H,2-11H2,1H3,(H,16,17). The zero-order chi connectivity index (χ0) is 12.1. The van der Waals surface area contributed by atoms with E-state index in [1.807, 2.05) is 0 Å². The van der Waals surface area contributed by atoms with Crippen molar-refractivity contribution >= 4 is 5.91 Å². The van der Waals surface area contributed by atoms with Crippen LogP contribution >= 0.6 is 0 Å². The molecule has 1 unspecified atom stereocenters. The third-order valence-electron chi connectivity index (χ3n) is 4.26. The first-order valence-electron chi connectivity index (χ1n) is 7.25. The summed E-state index contributed by atoms with van der Waals surface area (Å²) < 4.78 is 0. The Morgan fingerprint density at radius 1 is 1.12 bits per heavy atom. The fourth-order valence-corrected chi connectivity index (χ4v) is 3.09. The summed E-state index contributed by atoms with van der Waals surface area (Å²) in [5.74, 6) is 0.233. The molecule has 1 saturated heterocycles. The van der Waals surface area contributed by atoms with E-state index >= 15 is 0 Å². The van der Waals surface area contributed by atoms with Crippen molar-refractivity contribution in [3.05, 3.63) is 0 Å². The Morgan fingerprint density at radius 3 is 2.59 bits per heavy atom. The number of rotatable bonds is 2. The minimum absolute atomic E-state index is 0.0521. The van der Waals surface area contributed by atoms with Gasteiger partial charge in [0, 0.05) is 5.54 Å². The van der Waals surface area contributed by atoms with Crippen molar-refractivity contribution in [3.63, 3.8) is 0 Å². The first-order valence-corrected chi connectivity index (χ1v) is 7.25. The second kappa shape index (κ2) is 5.85. The summed E-state index contributed by atoms with van der Waals surface area (Å²) in [5, 5.41) is 6.67. The smallest absolute Gasteiger partial charge is 0.237 e. The van der Waals surface area contributed by atoms with Gasteiger partial charge in [0.1, 0.15) is 0 Å². The molecule has 0 aromatic carbocycles. The monoisotopic (exact) mass is 238 g/mol. The summed E-state index contributed by atoms with van der Waals surface area (Å²) in [7, 11) is 0. The maximum atomic E-state index is 12.3. The van der Waals surface area contributed by atoms with Crippen molar-refractivity contribution in [2.75, 3.05) is 6.54 Å². The predicted molar refractivity (Wildman–Crippen MR) is 69.9 cm³/mol. The van der Waals surface area contributed by atoms with E-state index in [2.05, 4.69) is 17.6 Å². The third kappa shape index (κ3) is 3.70. The quantitative estimate of drug-likeness (QED) is 0.775. The van der Waals surface area contributed by atoms with Crippen molar-refractivity contribution in [2.24, 2.45) is 0 Å². The van der Waals surface area contributed by atoms with Crippen molar-refractivity contribution in [2.45, 2.75) is 76.3 Å². The lowest BCUT2D eigenvalue weighted by atomic mass is 9.83. The molecular formula is C14H26N2O. The molecule has 0 bridgehead atoms. The van der Waals surface area contributed by atoms with Gasteiger partial charge in [0.05, 0.1) is 6.04 Å². The van der Waals surface area contributed by atoms with Gasteiger partial charge in [-0.25, -0.2) is 0 Å². The lowest BCUT2D eigenvalue weighted by Gasteiger charge is -2.35. The molecule has 1 amide bonds. The van der Waals surface area contributed by atoms with Gasteiger partial charge in [-0.05, 0) is 39.2 Å². The van der Waals surface area contributed by atoms with Crippen molar-refractivity contribution < 1.29 is 4.79 Å². The highest BCUT2D eigenvalue weighted by atomic mass is 16.2. The highest BCUT2D eigenvalue weighted by Gasteiger charge is 2.31. The van der Waals surface area contributed by atoms with Crippen LogP contribution in [-0.4, -0.2) is 24.0 Å². The van der Waals surface area contributed by atoms with Crippen LogP contribution in [0.1, 0.15) is 64.7 Å². The zero-order valence-electron chi connectivity index (χ0n) is 11.1. The van der Waals surface area contributed by atoms with Gasteiger partial charge in [-0.3, -0.25) is 4.79 Å². The largest absolute Gasteiger partial charge is 0.350 e. The highest BCUT2D eigenvalue weighted by Crippen LogP contribution is 2.27. The number of amides is 1. The van der Waals surface area contributed by atoms with Gasteiger partial charge in [-0.1, -0.05) is 32.1 Å². The van der Waals surface area contributed by atoms with Gasteiger partial charge >= 0.3 is 0 Å². The van der Waals surface area contributed by atoms with E-state index in [1.165, 1.54) is 38.5 Å².